The average molecular weight is 428 g/mol. The topological polar surface area (TPSA) is 32.7 Å². The molecule has 0 spiro atoms. The summed E-state index contributed by atoms with van der Waals surface area (Å²) >= 11 is 1.82. The number of fused-ring (bicyclic) bond motifs is 2. The summed E-state index contributed by atoms with van der Waals surface area (Å²) in [7, 11) is -1.94. The van der Waals surface area contributed by atoms with Gasteiger partial charge in [0.2, 0.25) is 0 Å². The maximum atomic E-state index is 11.5. The summed E-state index contributed by atoms with van der Waals surface area (Å²) < 4.78 is 6.71. The monoisotopic (exact) mass is 427 g/mol. The van der Waals surface area contributed by atoms with Crippen LogP contribution in [0.2, 0.25) is 18.1 Å². The van der Waals surface area contributed by atoms with Crippen molar-refractivity contribution in [2.45, 2.75) is 86.2 Å². The molecule has 2 aromatic rings. The molecule has 5 heteroatoms. The molecular formula is C24H33NO2SSi. The summed E-state index contributed by atoms with van der Waals surface area (Å²) in [6.07, 6.45) is 2.40. The lowest BCUT2D eigenvalue weighted by atomic mass is 9.88. The first-order valence-electron chi connectivity index (χ1n) is 10.7. The third-order valence-corrected chi connectivity index (χ3v) is 12.5. The Kier molecular flexibility index (Phi) is 5.62. The number of rotatable bonds is 3. The van der Waals surface area contributed by atoms with Gasteiger partial charge in [-0.3, -0.25) is 0 Å². The van der Waals surface area contributed by atoms with Crippen molar-refractivity contribution in [3.8, 4) is 0 Å². The summed E-state index contributed by atoms with van der Waals surface area (Å²) in [6.45, 7) is 11.4. The van der Waals surface area contributed by atoms with E-state index in [9.17, 15) is 5.11 Å². The maximum absolute atomic E-state index is 11.5. The van der Waals surface area contributed by atoms with Crippen molar-refractivity contribution in [1.29, 1.82) is 0 Å². The van der Waals surface area contributed by atoms with E-state index in [1.54, 1.807) is 0 Å². The van der Waals surface area contributed by atoms with Crippen molar-refractivity contribution in [3.63, 3.8) is 0 Å². The Morgan fingerprint density at radius 1 is 0.966 bits per heavy atom. The number of aliphatic hydroxyl groups is 1. The number of nitrogens with zero attached hydrogens (tertiary/aromatic N) is 1. The number of anilines is 2. The molecule has 1 fully saturated rings. The third-order valence-electron chi connectivity index (χ3n) is 6.82. The van der Waals surface area contributed by atoms with Gasteiger partial charge in [0.25, 0.3) is 0 Å². The first kappa shape index (κ1) is 21.0. The smallest absolute Gasteiger partial charge is 0.192 e. The van der Waals surface area contributed by atoms with E-state index >= 15 is 0 Å². The molecule has 3 atom stereocenters. The number of aliphatic hydroxyl groups excluding tert-OH is 1. The molecule has 1 saturated carbocycles. The van der Waals surface area contributed by atoms with Crippen LogP contribution in [0.5, 0.6) is 0 Å². The van der Waals surface area contributed by atoms with Crippen LogP contribution in [0.1, 0.15) is 40.0 Å². The molecule has 0 saturated heterocycles. The zero-order valence-electron chi connectivity index (χ0n) is 18.2. The summed E-state index contributed by atoms with van der Waals surface area (Å²) in [6, 6.07) is 17.1. The van der Waals surface area contributed by atoms with E-state index in [1.165, 1.54) is 21.2 Å². The standard InChI is InChI=1S/C24H33NO2SSi/c1-24(2,3)29(4,5)27-20-14-10-13-19(23(20)26)25-17-11-6-8-15-21(17)28-22-16-9-7-12-18(22)25/h6-9,11-12,15-16,19-20,23,26H,10,13-14H2,1-5H3/t19?,20-,23+/m0/s1. The van der Waals surface area contributed by atoms with Crippen LogP contribution in [-0.4, -0.2) is 31.7 Å². The first-order chi connectivity index (χ1) is 13.7. The number of hydrogen-bond acceptors (Lipinski definition) is 4. The van der Waals surface area contributed by atoms with Gasteiger partial charge < -0.3 is 14.4 Å². The largest absolute Gasteiger partial charge is 0.411 e. The Morgan fingerprint density at radius 3 is 2.07 bits per heavy atom. The highest BCUT2D eigenvalue weighted by Gasteiger charge is 2.45. The molecule has 3 nitrogen and oxygen atoms in total. The SMILES string of the molecule is CC(C)(C)[Si](C)(C)O[C@H]1CCCC(N2c3ccccc3Sc3ccccc32)[C@H]1O. The molecule has 2 aromatic carbocycles. The van der Waals surface area contributed by atoms with E-state index in [4.69, 9.17) is 4.43 Å². The number of para-hydroxylation sites is 2. The molecule has 1 N–H and O–H groups in total. The highest BCUT2D eigenvalue weighted by atomic mass is 32.2. The second-order valence-corrected chi connectivity index (χ2v) is 15.7. The molecule has 1 aliphatic carbocycles. The Balaban J connectivity index is 1.68. The fourth-order valence-corrected chi connectivity index (χ4v) is 6.61. The van der Waals surface area contributed by atoms with E-state index in [0.717, 1.165) is 19.3 Å². The van der Waals surface area contributed by atoms with Crippen LogP contribution >= 0.6 is 11.8 Å². The molecule has 0 amide bonds. The molecule has 1 heterocycles. The highest BCUT2D eigenvalue weighted by Crippen LogP contribution is 2.50. The molecule has 1 unspecified atom stereocenters. The fraction of sp³-hybridized carbons (Fsp3) is 0.500. The number of hydrogen-bond donors (Lipinski definition) is 1. The molecule has 0 bridgehead atoms. The lowest BCUT2D eigenvalue weighted by molar-refractivity contribution is -0.0132. The molecule has 29 heavy (non-hydrogen) atoms. The predicted octanol–water partition coefficient (Wildman–Crippen LogP) is 6.59. The lowest BCUT2D eigenvalue weighted by Gasteiger charge is -2.48. The van der Waals surface area contributed by atoms with Gasteiger partial charge >= 0.3 is 0 Å². The summed E-state index contributed by atoms with van der Waals surface area (Å²) in [5, 5.41) is 11.6. The van der Waals surface area contributed by atoms with Crippen molar-refractivity contribution < 1.29 is 9.53 Å². The Morgan fingerprint density at radius 2 is 1.52 bits per heavy atom. The van der Waals surface area contributed by atoms with Gasteiger partial charge in [-0.2, -0.15) is 0 Å². The third kappa shape index (κ3) is 3.90. The van der Waals surface area contributed by atoms with Gasteiger partial charge in [-0.1, -0.05) is 56.8 Å². The summed E-state index contributed by atoms with van der Waals surface area (Å²) in [5.41, 5.74) is 2.40. The molecule has 0 aromatic heterocycles. The van der Waals surface area contributed by atoms with Crippen LogP contribution < -0.4 is 4.90 Å². The zero-order chi connectivity index (χ0) is 20.8. The normalized spacial score (nSPS) is 24.8. The van der Waals surface area contributed by atoms with Crippen molar-refractivity contribution >= 4 is 31.5 Å². The quantitative estimate of drug-likeness (QED) is 0.560. The molecular weight excluding hydrogens is 394 g/mol. The molecule has 1 aliphatic heterocycles. The molecule has 156 valence electrons. The Hall–Kier alpha value is -1.27. The van der Waals surface area contributed by atoms with E-state index in [1.807, 2.05) is 11.8 Å². The van der Waals surface area contributed by atoms with Gasteiger partial charge in [0, 0.05) is 9.79 Å². The van der Waals surface area contributed by atoms with Crippen LogP contribution in [0, 0.1) is 0 Å². The molecule has 0 radical (unpaired) electrons. The lowest BCUT2D eigenvalue weighted by Crippen LogP contribution is -2.55. The highest BCUT2D eigenvalue weighted by molar-refractivity contribution is 7.99. The van der Waals surface area contributed by atoms with Gasteiger partial charge in [-0.15, -0.1) is 0 Å². The Bertz CT molecular complexity index is 834. The summed E-state index contributed by atoms with van der Waals surface area (Å²) in [4.78, 5) is 4.89. The minimum absolute atomic E-state index is 0.0294. The Labute approximate surface area is 180 Å². The summed E-state index contributed by atoms with van der Waals surface area (Å²) in [5.74, 6) is 0. The average Bonchev–Trinajstić information content (AvgIpc) is 2.67. The van der Waals surface area contributed by atoms with Crippen molar-refractivity contribution in [2.75, 3.05) is 4.90 Å². The maximum Gasteiger partial charge on any atom is 0.192 e. The van der Waals surface area contributed by atoms with E-state index in [-0.39, 0.29) is 17.2 Å². The minimum Gasteiger partial charge on any atom is -0.411 e. The van der Waals surface area contributed by atoms with Crippen molar-refractivity contribution in [2.24, 2.45) is 0 Å². The van der Waals surface area contributed by atoms with Crippen LogP contribution in [0.3, 0.4) is 0 Å². The van der Waals surface area contributed by atoms with E-state index < -0.39 is 14.4 Å². The van der Waals surface area contributed by atoms with E-state index in [2.05, 4.69) is 87.3 Å². The molecule has 4 rings (SSSR count). The molecule has 2 aliphatic rings. The number of benzene rings is 2. The van der Waals surface area contributed by atoms with Crippen molar-refractivity contribution in [3.05, 3.63) is 48.5 Å². The second-order valence-electron chi connectivity index (χ2n) is 9.81. The fourth-order valence-electron chi connectivity index (χ4n) is 4.17. The minimum atomic E-state index is -1.94. The van der Waals surface area contributed by atoms with Gasteiger partial charge in [0.05, 0.1) is 29.6 Å². The first-order valence-corrected chi connectivity index (χ1v) is 14.4. The van der Waals surface area contributed by atoms with Gasteiger partial charge in [-0.05, 0) is 61.7 Å². The van der Waals surface area contributed by atoms with Gasteiger partial charge in [0.1, 0.15) is 0 Å². The van der Waals surface area contributed by atoms with Crippen LogP contribution in [-0.2, 0) is 4.43 Å². The predicted molar refractivity (Wildman–Crippen MR) is 125 cm³/mol. The van der Waals surface area contributed by atoms with Crippen LogP contribution in [0.4, 0.5) is 11.4 Å². The van der Waals surface area contributed by atoms with E-state index in [0.29, 0.717) is 0 Å². The van der Waals surface area contributed by atoms with Crippen LogP contribution in [0.15, 0.2) is 58.3 Å². The van der Waals surface area contributed by atoms with Crippen LogP contribution in [0.25, 0.3) is 0 Å². The second kappa shape index (κ2) is 7.77. The van der Waals surface area contributed by atoms with Gasteiger partial charge in [0.15, 0.2) is 8.32 Å². The van der Waals surface area contributed by atoms with Gasteiger partial charge in [-0.25, -0.2) is 0 Å². The zero-order valence-corrected chi connectivity index (χ0v) is 20.0. The van der Waals surface area contributed by atoms with Crippen molar-refractivity contribution in [1.82, 2.24) is 0 Å².